The van der Waals surface area contributed by atoms with Crippen molar-refractivity contribution in [2.45, 2.75) is 77.5 Å². The first-order chi connectivity index (χ1) is 10.0. The molecular formula is C17H29N3O. The van der Waals surface area contributed by atoms with E-state index in [1.54, 1.807) is 0 Å². The van der Waals surface area contributed by atoms with Gasteiger partial charge in [-0.05, 0) is 50.9 Å². The minimum absolute atomic E-state index is 0.192. The Kier molecular flexibility index (Phi) is 4.10. The van der Waals surface area contributed by atoms with Gasteiger partial charge in [-0.15, -0.1) is 0 Å². The van der Waals surface area contributed by atoms with Crippen LogP contribution in [0.5, 0.6) is 0 Å². The van der Waals surface area contributed by atoms with Gasteiger partial charge in [0.05, 0.1) is 0 Å². The second kappa shape index (κ2) is 5.73. The number of hydrogen-bond acceptors (Lipinski definition) is 3. The Balaban J connectivity index is 1.71. The molecule has 0 atom stereocenters. The number of aromatic nitrogens is 2. The van der Waals surface area contributed by atoms with Crippen LogP contribution < -0.4 is 5.32 Å². The van der Waals surface area contributed by atoms with Gasteiger partial charge < -0.3 is 15.0 Å². The van der Waals surface area contributed by atoms with Gasteiger partial charge >= 0.3 is 0 Å². The lowest BCUT2D eigenvalue weighted by molar-refractivity contribution is -0.0943. The first-order valence-electron chi connectivity index (χ1n) is 8.45. The van der Waals surface area contributed by atoms with Crippen LogP contribution in [0.3, 0.4) is 0 Å². The number of ether oxygens (including phenoxy) is 1. The molecular weight excluding hydrogens is 262 g/mol. The molecule has 1 aromatic heterocycles. The van der Waals surface area contributed by atoms with Gasteiger partial charge in [0.15, 0.2) is 0 Å². The molecule has 3 rings (SSSR count). The highest BCUT2D eigenvalue weighted by atomic mass is 16.5. The largest absolute Gasteiger partial charge is 0.367 e. The molecule has 21 heavy (non-hydrogen) atoms. The topological polar surface area (TPSA) is 49.9 Å². The molecule has 0 saturated heterocycles. The molecule has 1 aromatic rings. The van der Waals surface area contributed by atoms with Crippen molar-refractivity contribution in [1.29, 1.82) is 0 Å². The lowest BCUT2D eigenvalue weighted by atomic mass is 9.70. The number of rotatable bonds is 6. The molecule has 118 valence electrons. The van der Waals surface area contributed by atoms with Crippen molar-refractivity contribution in [2.75, 3.05) is 6.61 Å². The number of imidazole rings is 1. The molecule has 0 bridgehead atoms. The molecule has 0 aromatic carbocycles. The molecule has 1 heterocycles. The van der Waals surface area contributed by atoms with Crippen molar-refractivity contribution in [1.82, 2.24) is 15.3 Å². The summed E-state index contributed by atoms with van der Waals surface area (Å²) in [7, 11) is 0. The van der Waals surface area contributed by atoms with Crippen molar-refractivity contribution in [3.8, 4) is 0 Å². The van der Waals surface area contributed by atoms with E-state index in [1.807, 2.05) is 6.20 Å². The molecule has 4 nitrogen and oxygen atoms in total. The van der Waals surface area contributed by atoms with Crippen LogP contribution in [-0.2, 0) is 16.9 Å². The van der Waals surface area contributed by atoms with E-state index >= 15 is 0 Å². The lowest BCUT2D eigenvalue weighted by Crippen LogP contribution is -2.38. The Hall–Kier alpha value is -0.870. The highest BCUT2D eigenvalue weighted by Gasteiger charge is 2.42. The predicted octanol–water partition coefficient (Wildman–Crippen LogP) is 3.49. The maximum atomic E-state index is 6.19. The molecule has 0 spiro atoms. The van der Waals surface area contributed by atoms with E-state index in [-0.39, 0.29) is 5.60 Å². The minimum Gasteiger partial charge on any atom is -0.367 e. The van der Waals surface area contributed by atoms with E-state index in [4.69, 9.17) is 4.74 Å². The molecule has 2 N–H and O–H groups in total. The molecule has 0 aliphatic heterocycles. The second-order valence-electron chi connectivity index (χ2n) is 7.50. The molecule has 0 radical (unpaired) electrons. The van der Waals surface area contributed by atoms with Crippen LogP contribution in [0.4, 0.5) is 0 Å². The van der Waals surface area contributed by atoms with Gasteiger partial charge in [-0.3, -0.25) is 0 Å². The third kappa shape index (κ3) is 3.49. The van der Waals surface area contributed by atoms with Gasteiger partial charge in [-0.2, -0.15) is 0 Å². The number of nitrogens with one attached hydrogen (secondary N) is 2. The molecule has 0 amide bonds. The van der Waals surface area contributed by atoms with Gasteiger partial charge in [0.25, 0.3) is 0 Å². The van der Waals surface area contributed by atoms with Crippen molar-refractivity contribution in [2.24, 2.45) is 5.41 Å². The Morgan fingerprint density at radius 1 is 1.29 bits per heavy atom. The van der Waals surface area contributed by atoms with Crippen molar-refractivity contribution in [3.63, 3.8) is 0 Å². The van der Waals surface area contributed by atoms with Gasteiger partial charge in [0, 0.05) is 31.1 Å². The summed E-state index contributed by atoms with van der Waals surface area (Å²) in [5.41, 5.74) is 1.42. The lowest BCUT2D eigenvalue weighted by Gasteiger charge is -2.42. The molecule has 2 saturated carbocycles. The summed E-state index contributed by atoms with van der Waals surface area (Å²) in [6, 6.07) is 0.730. The standard InChI is InChI=1S/C17H29N3O/c1-4-21-17(9-7-16(2,3)8-10-17)15-19-12-14(20-15)11-18-13-5-6-13/h12-13,18H,4-11H2,1-3H3,(H,19,20). The molecule has 0 unspecified atom stereocenters. The zero-order valence-corrected chi connectivity index (χ0v) is 13.7. The fraction of sp³-hybridized carbons (Fsp3) is 0.824. The van der Waals surface area contributed by atoms with Crippen LogP contribution in [0.2, 0.25) is 0 Å². The fourth-order valence-electron chi connectivity index (χ4n) is 3.28. The molecule has 2 aliphatic carbocycles. The highest BCUT2D eigenvalue weighted by Crippen LogP contribution is 2.46. The maximum absolute atomic E-state index is 6.19. The van der Waals surface area contributed by atoms with Gasteiger partial charge in [-0.1, -0.05) is 13.8 Å². The van der Waals surface area contributed by atoms with E-state index in [1.165, 1.54) is 31.4 Å². The van der Waals surface area contributed by atoms with Crippen LogP contribution in [0.15, 0.2) is 6.20 Å². The first-order valence-corrected chi connectivity index (χ1v) is 8.45. The summed E-state index contributed by atoms with van der Waals surface area (Å²) in [6.45, 7) is 8.44. The number of nitrogens with zero attached hydrogens (tertiary/aromatic N) is 1. The summed E-state index contributed by atoms with van der Waals surface area (Å²) >= 11 is 0. The molecule has 2 fully saturated rings. The third-order valence-electron chi connectivity index (χ3n) is 5.05. The smallest absolute Gasteiger partial charge is 0.138 e. The van der Waals surface area contributed by atoms with Gasteiger partial charge in [0.2, 0.25) is 0 Å². The monoisotopic (exact) mass is 291 g/mol. The van der Waals surface area contributed by atoms with Crippen molar-refractivity contribution >= 4 is 0 Å². The summed E-state index contributed by atoms with van der Waals surface area (Å²) in [5.74, 6) is 1.03. The maximum Gasteiger partial charge on any atom is 0.138 e. The van der Waals surface area contributed by atoms with Crippen LogP contribution in [0.1, 0.15) is 70.8 Å². The summed E-state index contributed by atoms with van der Waals surface area (Å²) in [4.78, 5) is 8.18. The van der Waals surface area contributed by atoms with E-state index in [9.17, 15) is 0 Å². The molecule has 4 heteroatoms. The van der Waals surface area contributed by atoms with Crippen molar-refractivity contribution < 1.29 is 4.74 Å². The predicted molar refractivity (Wildman–Crippen MR) is 84.0 cm³/mol. The van der Waals surface area contributed by atoms with Crippen LogP contribution in [0, 0.1) is 5.41 Å². The van der Waals surface area contributed by atoms with Crippen LogP contribution >= 0.6 is 0 Å². The summed E-state index contributed by atoms with van der Waals surface area (Å²) in [6.07, 6.45) is 9.14. The quantitative estimate of drug-likeness (QED) is 0.843. The zero-order valence-electron chi connectivity index (χ0n) is 13.7. The first kappa shape index (κ1) is 15.0. The Bertz CT molecular complexity index is 466. The van der Waals surface area contributed by atoms with Gasteiger partial charge in [0.1, 0.15) is 11.4 Å². The summed E-state index contributed by atoms with van der Waals surface area (Å²) in [5, 5.41) is 3.53. The highest BCUT2D eigenvalue weighted by molar-refractivity contribution is 5.11. The summed E-state index contributed by atoms with van der Waals surface area (Å²) < 4.78 is 6.19. The van der Waals surface area contributed by atoms with E-state index in [2.05, 4.69) is 36.1 Å². The Labute approximate surface area is 128 Å². The number of hydrogen-bond donors (Lipinski definition) is 2. The minimum atomic E-state index is -0.192. The SMILES string of the molecule is CCOC1(c2ncc(CNC3CC3)[nH]2)CCC(C)(C)CC1. The Morgan fingerprint density at radius 2 is 2.00 bits per heavy atom. The van der Waals surface area contributed by atoms with Crippen molar-refractivity contribution in [3.05, 3.63) is 17.7 Å². The molecule has 2 aliphatic rings. The second-order valence-corrected chi connectivity index (χ2v) is 7.50. The number of aromatic amines is 1. The van der Waals surface area contributed by atoms with Crippen LogP contribution in [0.25, 0.3) is 0 Å². The van der Waals surface area contributed by atoms with E-state index in [0.717, 1.165) is 37.9 Å². The Morgan fingerprint density at radius 3 is 2.62 bits per heavy atom. The van der Waals surface area contributed by atoms with E-state index in [0.29, 0.717) is 5.41 Å². The zero-order chi connectivity index (χ0) is 14.9. The average molecular weight is 291 g/mol. The average Bonchev–Trinajstić information content (AvgIpc) is 3.16. The van der Waals surface area contributed by atoms with E-state index < -0.39 is 0 Å². The number of H-pyrrole nitrogens is 1. The van der Waals surface area contributed by atoms with Crippen LogP contribution in [-0.4, -0.2) is 22.6 Å². The van der Waals surface area contributed by atoms with Gasteiger partial charge in [-0.25, -0.2) is 4.98 Å². The third-order valence-corrected chi connectivity index (χ3v) is 5.05. The fourth-order valence-corrected chi connectivity index (χ4v) is 3.28. The normalized spacial score (nSPS) is 24.1.